The molecule has 4 heteroatoms. The van der Waals surface area contributed by atoms with Gasteiger partial charge in [-0.15, -0.1) is 0 Å². The van der Waals surface area contributed by atoms with Crippen LogP contribution < -0.4 is 4.74 Å². The molecule has 100 valence electrons. The fourth-order valence-electron chi connectivity index (χ4n) is 1.55. The summed E-state index contributed by atoms with van der Waals surface area (Å²) in [5.74, 6) is 0.204. The van der Waals surface area contributed by atoms with Crippen molar-refractivity contribution in [3.05, 3.63) is 29.8 Å². The van der Waals surface area contributed by atoms with Gasteiger partial charge in [0.1, 0.15) is 5.75 Å². The third kappa shape index (κ3) is 4.04. The zero-order valence-electron chi connectivity index (χ0n) is 11.1. The second kappa shape index (κ2) is 7.01. The molecule has 1 N–H and O–H groups in total. The molecule has 0 aliphatic heterocycles. The molecular formula is C14H20O4. The molecule has 0 aromatic heterocycles. The molecule has 0 aliphatic carbocycles. The smallest absolute Gasteiger partial charge is 0.347 e. The van der Waals surface area contributed by atoms with E-state index in [1.807, 2.05) is 13.0 Å². The summed E-state index contributed by atoms with van der Waals surface area (Å²) >= 11 is 0. The molecule has 0 amide bonds. The van der Waals surface area contributed by atoms with Gasteiger partial charge in [0.25, 0.3) is 0 Å². The van der Waals surface area contributed by atoms with Crippen molar-refractivity contribution in [2.75, 3.05) is 6.61 Å². The first kappa shape index (κ1) is 14.5. The lowest BCUT2D eigenvalue weighted by Crippen LogP contribution is -2.28. The van der Waals surface area contributed by atoms with Crippen LogP contribution in [0.2, 0.25) is 0 Å². The SMILES string of the molecule is CCOC(=O)C(CC)Oc1cccc([C@H](C)O)c1. The van der Waals surface area contributed by atoms with Gasteiger partial charge in [-0.2, -0.15) is 0 Å². The quantitative estimate of drug-likeness (QED) is 0.790. The predicted molar refractivity (Wildman–Crippen MR) is 68.4 cm³/mol. The number of benzene rings is 1. The molecule has 1 rings (SSSR count). The Morgan fingerprint density at radius 2 is 2.11 bits per heavy atom. The molecule has 2 atom stereocenters. The van der Waals surface area contributed by atoms with Gasteiger partial charge in [-0.3, -0.25) is 0 Å². The summed E-state index contributed by atoms with van der Waals surface area (Å²) in [6.45, 7) is 5.65. The highest BCUT2D eigenvalue weighted by Crippen LogP contribution is 2.20. The number of rotatable bonds is 6. The van der Waals surface area contributed by atoms with Gasteiger partial charge < -0.3 is 14.6 Å². The Morgan fingerprint density at radius 1 is 1.39 bits per heavy atom. The first-order valence-corrected chi connectivity index (χ1v) is 6.19. The highest BCUT2D eigenvalue weighted by atomic mass is 16.6. The van der Waals surface area contributed by atoms with Crippen molar-refractivity contribution in [2.24, 2.45) is 0 Å². The number of aliphatic hydroxyl groups is 1. The Balaban J connectivity index is 2.75. The lowest BCUT2D eigenvalue weighted by atomic mass is 10.1. The van der Waals surface area contributed by atoms with Crippen molar-refractivity contribution in [2.45, 2.75) is 39.4 Å². The van der Waals surface area contributed by atoms with E-state index in [0.29, 0.717) is 18.8 Å². The van der Waals surface area contributed by atoms with Crippen molar-refractivity contribution >= 4 is 5.97 Å². The van der Waals surface area contributed by atoms with E-state index in [1.165, 1.54) is 0 Å². The fourth-order valence-corrected chi connectivity index (χ4v) is 1.55. The Morgan fingerprint density at radius 3 is 2.67 bits per heavy atom. The maximum Gasteiger partial charge on any atom is 0.347 e. The maximum atomic E-state index is 11.6. The summed E-state index contributed by atoms with van der Waals surface area (Å²) in [6.07, 6.45) is -0.622. The summed E-state index contributed by atoms with van der Waals surface area (Å²) in [7, 11) is 0. The minimum atomic E-state index is -0.603. The van der Waals surface area contributed by atoms with Gasteiger partial charge >= 0.3 is 5.97 Å². The maximum absolute atomic E-state index is 11.6. The van der Waals surface area contributed by atoms with Crippen molar-refractivity contribution in [3.63, 3.8) is 0 Å². The molecule has 0 heterocycles. The van der Waals surface area contributed by atoms with E-state index in [1.54, 1.807) is 32.0 Å². The van der Waals surface area contributed by atoms with Crippen LogP contribution in [0.15, 0.2) is 24.3 Å². The third-order valence-corrected chi connectivity index (χ3v) is 2.54. The molecule has 0 radical (unpaired) electrons. The van der Waals surface area contributed by atoms with Crippen LogP contribution in [-0.4, -0.2) is 23.8 Å². The van der Waals surface area contributed by atoms with Crippen LogP contribution in [0.5, 0.6) is 5.75 Å². The van der Waals surface area contributed by atoms with Crippen molar-refractivity contribution in [1.82, 2.24) is 0 Å². The molecule has 0 bridgehead atoms. The normalized spacial score (nSPS) is 13.8. The molecule has 1 aromatic rings. The van der Waals surface area contributed by atoms with Crippen LogP contribution in [0.25, 0.3) is 0 Å². The molecule has 0 aliphatic rings. The minimum Gasteiger partial charge on any atom is -0.479 e. The average Bonchev–Trinajstić information content (AvgIpc) is 2.36. The zero-order valence-corrected chi connectivity index (χ0v) is 11.1. The van der Waals surface area contributed by atoms with E-state index in [-0.39, 0.29) is 5.97 Å². The monoisotopic (exact) mass is 252 g/mol. The molecular weight excluding hydrogens is 232 g/mol. The number of hydrogen-bond acceptors (Lipinski definition) is 4. The van der Waals surface area contributed by atoms with E-state index >= 15 is 0 Å². The number of esters is 1. The van der Waals surface area contributed by atoms with Crippen LogP contribution in [0.1, 0.15) is 38.9 Å². The Hall–Kier alpha value is -1.55. The molecule has 18 heavy (non-hydrogen) atoms. The van der Waals surface area contributed by atoms with Crippen molar-refractivity contribution in [3.8, 4) is 5.75 Å². The topological polar surface area (TPSA) is 55.8 Å². The van der Waals surface area contributed by atoms with Crippen LogP contribution in [0, 0.1) is 0 Å². The van der Waals surface area contributed by atoms with Gasteiger partial charge in [0.2, 0.25) is 0 Å². The predicted octanol–water partition coefficient (Wildman–Crippen LogP) is 2.46. The second-order valence-electron chi connectivity index (χ2n) is 4.02. The number of carbonyl (C=O) groups excluding carboxylic acids is 1. The average molecular weight is 252 g/mol. The van der Waals surface area contributed by atoms with E-state index < -0.39 is 12.2 Å². The Kier molecular flexibility index (Phi) is 5.65. The van der Waals surface area contributed by atoms with Crippen molar-refractivity contribution < 1.29 is 19.4 Å². The Labute approximate surface area is 108 Å². The highest BCUT2D eigenvalue weighted by Gasteiger charge is 2.19. The van der Waals surface area contributed by atoms with Crippen LogP contribution >= 0.6 is 0 Å². The zero-order chi connectivity index (χ0) is 13.5. The van der Waals surface area contributed by atoms with Crippen LogP contribution in [0.4, 0.5) is 0 Å². The minimum absolute atomic E-state index is 0.340. The third-order valence-electron chi connectivity index (χ3n) is 2.54. The largest absolute Gasteiger partial charge is 0.479 e. The molecule has 0 spiro atoms. The van der Waals surface area contributed by atoms with Crippen LogP contribution in [-0.2, 0) is 9.53 Å². The van der Waals surface area contributed by atoms with Gasteiger partial charge in [-0.05, 0) is 38.0 Å². The molecule has 0 fully saturated rings. The summed E-state index contributed by atoms with van der Waals surface area (Å²) in [5.41, 5.74) is 0.756. The van der Waals surface area contributed by atoms with E-state index in [0.717, 1.165) is 5.56 Å². The first-order chi connectivity index (χ1) is 8.58. The molecule has 1 unspecified atom stereocenters. The van der Waals surface area contributed by atoms with Gasteiger partial charge in [0, 0.05) is 0 Å². The van der Waals surface area contributed by atoms with Gasteiger partial charge in [-0.25, -0.2) is 4.79 Å². The second-order valence-corrected chi connectivity index (χ2v) is 4.02. The van der Waals surface area contributed by atoms with E-state index in [9.17, 15) is 9.90 Å². The number of ether oxygens (including phenoxy) is 2. The molecule has 0 saturated carbocycles. The van der Waals surface area contributed by atoms with E-state index in [2.05, 4.69) is 0 Å². The highest BCUT2D eigenvalue weighted by molar-refractivity contribution is 5.75. The number of carbonyl (C=O) groups is 1. The van der Waals surface area contributed by atoms with Gasteiger partial charge in [0.05, 0.1) is 12.7 Å². The van der Waals surface area contributed by atoms with Crippen molar-refractivity contribution in [1.29, 1.82) is 0 Å². The summed E-state index contributed by atoms with van der Waals surface area (Å²) in [5, 5.41) is 9.49. The molecule has 4 nitrogen and oxygen atoms in total. The summed E-state index contributed by atoms with van der Waals surface area (Å²) < 4.78 is 10.5. The number of hydrogen-bond donors (Lipinski definition) is 1. The first-order valence-electron chi connectivity index (χ1n) is 6.19. The van der Waals surface area contributed by atoms with Crippen LogP contribution in [0.3, 0.4) is 0 Å². The Bertz CT molecular complexity index is 387. The van der Waals surface area contributed by atoms with Gasteiger partial charge in [-0.1, -0.05) is 19.1 Å². The van der Waals surface area contributed by atoms with Gasteiger partial charge in [0.15, 0.2) is 6.10 Å². The fraction of sp³-hybridized carbons (Fsp3) is 0.500. The lowest BCUT2D eigenvalue weighted by molar-refractivity contribution is -0.151. The summed E-state index contributed by atoms with van der Waals surface area (Å²) in [6, 6.07) is 7.08. The standard InChI is InChI=1S/C14H20O4/c1-4-13(14(16)17-5-2)18-12-8-6-7-11(9-12)10(3)15/h6-10,13,15H,4-5H2,1-3H3/t10-,13?/m0/s1. The number of aliphatic hydroxyl groups excluding tert-OH is 1. The molecule has 0 saturated heterocycles. The molecule has 1 aromatic carbocycles. The van der Waals surface area contributed by atoms with E-state index in [4.69, 9.17) is 9.47 Å². The summed E-state index contributed by atoms with van der Waals surface area (Å²) in [4.78, 5) is 11.6. The lowest BCUT2D eigenvalue weighted by Gasteiger charge is -2.16.